The summed E-state index contributed by atoms with van der Waals surface area (Å²) in [6.07, 6.45) is 2.37. The third-order valence-electron chi connectivity index (χ3n) is 2.38. The molecule has 0 fully saturated rings. The van der Waals surface area contributed by atoms with Crippen LogP contribution in [0.15, 0.2) is 12.3 Å². The van der Waals surface area contributed by atoms with Gasteiger partial charge in [-0.1, -0.05) is 6.92 Å². The van der Waals surface area contributed by atoms with Crippen molar-refractivity contribution in [3.8, 4) is 0 Å². The monoisotopic (exact) mass is 237 g/mol. The van der Waals surface area contributed by atoms with Gasteiger partial charge in [-0.25, -0.2) is 4.79 Å². The Balaban J connectivity index is 3.10. The van der Waals surface area contributed by atoms with Crippen LogP contribution >= 0.6 is 0 Å². The van der Waals surface area contributed by atoms with Crippen LogP contribution in [0.5, 0.6) is 0 Å². The summed E-state index contributed by atoms with van der Waals surface area (Å²) in [6, 6.07) is 1.69. The molecule has 1 heterocycles. The fourth-order valence-corrected chi connectivity index (χ4v) is 1.37. The highest BCUT2D eigenvalue weighted by Crippen LogP contribution is 2.12. The molecule has 0 amide bonds. The smallest absolute Gasteiger partial charge is 0.339 e. The zero-order valence-electron chi connectivity index (χ0n) is 10.1. The molecule has 0 saturated heterocycles. The van der Waals surface area contributed by atoms with Gasteiger partial charge in [0.2, 0.25) is 0 Å². The molecule has 0 bridgehead atoms. The van der Waals surface area contributed by atoms with Crippen molar-refractivity contribution in [1.82, 2.24) is 4.98 Å². The Hall–Kier alpha value is -1.91. The lowest BCUT2D eigenvalue weighted by atomic mass is 10.1. The Morgan fingerprint density at radius 3 is 2.53 bits per heavy atom. The summed E-state index contributed by atoms with van der Waals surface area (Å²) < 4.78 is 9.21. The lowest BCUT2D eigenvalue weighted by Gasteiger charge is -2.07. The molecule has 17 heavy (non-hydrogen) atoms. The second-order valence-corrected chi connectivity index (χ2v) is 3.44. The summed E-state index contributed by atoms with van der Waals surface area (Å²) in [7, 11) is 2.59. The summed E-state index contributed by atoms with van der Waals surface area (Å²) in [4.78, 5) is 26.8. The van der Waals surface area contributed by atoms with E-state index in [0.717, 1.165) is 12.0 Å². The molecule has 0 radical (unpaired) electrons. The second-order valence-electron chi connectivity index (χ2n) is 3.44. The molecule has 1 rings (SSSR count). The number of ether oxygens (including phenoxy) is 2. The first-order valence-corrected chi connectivity index (χ1v) is 5.25. The summed E-state index contributed by atoms with van der Waals surface area (Å²) in [6.45, 7) is 1.96. The number of methoxy groups -OCH3 is 2. The topological polar surface area (TPSA) is 65.5 Å². The minimum Gasteiger partial charge on any atom is -0.469 e. The lowest BCUT2D eigenvalue weighted by Crippen LogP contribution is -2.13. The SMILES string of the molecule is CCc1cnc(CC(=O)OC)c(C(=O)OC)c1. The lowest BCUT2D eigenvalue weighted by molar-refractivity contribution is -0.139. The number of nitrogens with zero attached hydrogens (tertiary/aromatic N) is 1. The first kappa shape index (κ1) is 13.2. The summed E-state index contributed by atoms with van der Waals surface area (Å²) in [5.41, 5.74) is 1.61. The molecule has 0 unspecified atom stereocenters. The maximum atomic E-state index is 11.6. The standard InChI is InChI=1S/C12H15NO4/c1-4-8-5-9(12(15)17-3)10(13-7-8)6-11(14)16-2/h5,7H,4,6H2,1-3H3. The minimum atomic E-state index is -0.494. The summed E-state index contributed by atoms with van der Waals surface area (Å²) >= 11 is 0. The van der Waals surface area contributed by atoms with Gasteiger partial charge in [0.05, 0.1) is 31.9 Å². The van der Waals surface area contributed by atoms with Gasteiger partial charge in [-0.05, 0) is 18.1 Å². The fraction of sp³-hybridized carbons (Fsp3) is 0.417. The fourth-order valence-electron chi connectivity index (χ4n) is 1.37. The Morgan fingerprint density at radius 2 is 2.00 bits per heavy atom. The number of esters is 2. The van der Waals surface area contributed by atoms with Crippen LogP contribution in [0.25, 0.3) is 0 Å². The van der Waals surface area contributed by atoms with Crippen LogP contribution in [0.2, 0.25) is 0 Å². The third kappa shape index (κ3) is 3.27. The maximum absolute atomic E-state index is 11.6. The molecule has 0 aromatic carbocycles. The number of pyridine rings is 1. The van der Waals surface area contributed by atoms with Gasteiger partial charge in [0.15, 0.2) is 0 Å². The molecule has 92 valence electrons. The highest BCUT2D eigenvalue weighted by molar-refractivity contribution is 5.92. The first-order chi connectivity index (χ1) is 8.12. The van der Waals surface area contributed by atoms with Crippen LogP contribution in [0.4, 0.5) is 0 Å². The molecule has 5 nitrogen and oxygen atoms in total. The molecule has 0 atom stereocenters. The predicted octanol–water partition coefficient (Wildman–Crippen LogP) is 1.15. The van der Waals surface area contributed by atoms with E-state index in [1.807, 2.05) is 6.92 Å². The van der Waals surface area contributed by atoms with Crippen molar-refractivity contribution < 1.29 is 19.1 Å². The van der Waals surface area contributed by atoms with Crippen LogP contribution in [0.1, 0.15) is 28.5 Å². The average Bonchev–Trinajstić information content (AvgIpc) is 2.38. The van der Waals surface area contributed by atoms with E-state index in [1.54, 1.807) is 12.3 Å². The van der Waals surface area contributed by atoms with Crippen molar-refractivity contribution in [3.05, 3.63) is 29.1 Å². The summed E-state index contributed by atoms with van der Waals surface area (Å²) in [5.74, 6) is -0.932. The van der Waals surface area contributed by atoms with Crippen LogP contribution < -0.4 is 0 Å². The van der Waals surface area contributed by atoms with Crippen molar-refractivity contribution in [3.63, 3.8) is 0 Å². The van der Waals surface area contributed by atoms with E-state index in [0.29, 0.717) is 11.3 Å². The zero-order chi connectivity index (χ0) is 12.8. The van der Waals surface area contributed by atoms with E-state index in [1.165, 1.54) is 14.2 Å². The van der Waals surface area contributed by atoms with Crippen LogP contribution in [0.3, 0.4) is 0 Å². The van der Waals surface area contributed by atoms with Gasteiger partial charge in [-0.2, -0.15) is 0 Å². The quantitative estimate of drug-likeness (QED) is 0.735. The molecule has 0 aliphatic carbocycles. The van der Waals surface area contributed by atoms with Gasteiger partial charge in [0, 0.05) is 6.20 Å². The maximum Gasteiger partial charge on any atom is 0.339 e. The number of carbonyl (C=O) groups is 2. The Bertz CT molecular complexity index is 429. The van der Waals surface area contributed by atoms with Gasteiger partial charge in [-0.3, -0.25) is 9.78 Å². The Morgan fingerprint density at radius 1 is 1.29 bits per heavy atom. The van der Waals surface area contributed by atoms with Crippen molar-refractivity contribution >= 4 is 11.9 Å². The molecular weight excluding hydrogens is 222 g/mol. The molecule has 0 saturated carbocycles. The molecule has 1 aromatic heterocycles. The number of aryl methyl sites for hydroxylation is 1. The second kappa shape index (κ2) is 5.98. The third-order valence-corrected chi connectivity index (χ3v) is 2.38. The Kier molecular flexibility index (Phi) is 4.63. The molecule has 0 N–H and O–H groups in total. The predicted molar refractivity (Wildman–Crippen MR) is 60.7 cm³/mol. The van der Waals surface area contributed by atoms with E-state index in [4.69, 9.17) is 0 Å². The first-order valence-electron chi connectivity index (χ1n) is 5.25. The highest BCUT2D eigenvalue weighted by atomic mass is 16.5. The minimum absolute atomic E-state index is 0.0368. The summed E-state index contributed by atoms with van der Waals surface area (Å²) in [5, 5.41) is 0. The molecule has 5 heteroatoms. The van der Waals surface area contributed by atoms with Gasteiger partial charge < -0.3 is 9.47 Å². The molecular formula is C12H15NO4. The van der Waals surface area contributed by atoms with Gasteiger partial charge in [0.25, 0.3) is 0 Å². The van der Waals surface area contributed by atoms with Gasteiger partial charge >= 0.3 is 11.9 Å². The molecule has 0 spiro atoms. The normalized spacial score (nSPS) is 9.82. The van der Waals surface area contributed by atoms with Crippen LogP contribution in [-0.2, 0) is 27.1 Å². The van der Waals surface area contributed by atoms with Crippen molar-refractivity contribution in [2.75, 3.05) is 14.2 Å². The number of hydrogen-bond acceptors (Lipinski definition) is 5. The van der Waals surface area contributed by atoms with Crippen LogP contribution in [-0.4, -0.2) is 31.1 Å². The van der Waals surface area contributed by atoms with E-state index in [9.17, 15) is 9.59 Å². The number of rotatable bonds is 4. The number of carbonyl (C=O) groups excluding carboxylic acids is 2. The Labute approximate surface area is 99.8 Å². The molecule has 0 aliphatic heterocycles. The van der Waals surface area contributed by atoms with Crippen molar-refractivity contribution in [2.24, 2.45) is 0 Å². The largest absolute Gasteiger partial charge is 0.469 e. The van der Waals surface area contributed by atoms with E-state index in [2.05, 4.69) is 14.5 Å². The number of aromatic nitrogens is 1. The van der Waals surface area contributed by atoms with Crippen molar-refractivity contribution in [1.29, 1.82) is 0 Å². The zero-order valence-corrected chi connectivity index (χ0v) is 10.1. The van der Waals surface area contributed by atoms with Crippen molar-refractivity contribution in [2.45, 2.75) is 19.8 Å². The van der Waals surface area contributed by atoms with Gasteiger partial charge in [-0.15, -0.1) is 0 Å². The molecule has 0 aliphatic rings. The van der Waals surface area contributed by atoms with Crippen LogP contribution in [0, 0.1) is 0 Å². The van der Waals surface area contributed by atoms with E-state index in [-0.39, 0.29) is 6.42 Å². The van der Waals surface area contributed by atoms with E-state index < -0.39 is 11.9 Å². The highest BCUT2D eigenvalue weighted by Gasteiger charge is 2.16. The number of hydrogen-bond donors (Lipinski definition) is 0. The van der Waals surface area contributed by atoms with E-state index >= 15 is 0 Å². The van der Waals surface area contributed by atoms with Gasteiger partial charge in [0.1, 0.15) is 0 Å². The average molecular weight is 237 g/mol. The molecule has 1 aromatic rings.